The van der Waals surface area contributed by atoms with Gasteiger partial charge in [0.1, 0.15) is 0 Å². The Hall–Kier alpha value is -2.50. The van der Waals surface area contributed by atoms with Crippen molar-refractivity contribution < 1.29 is 9.90 Å². The Kier molecular flexibility index (Phi) is 3.41. The van der Waals surface area contributed by atoms with Crippen molar-refractivity contribution in [3.63, 3.8) is 0 Å². The maximum Gasteiger partial charge on any atom is 0.255 e. The van der Waals surface area contributed by atoms with Gasteiger partial charge in [0.2, 0.25) is 0 Å². The number of amides is 1. The van der Waals surface area contributed by atoms with Gasteiger partial charge in [-0.05, 0) is 19.1 Å². The maximum atomic E-state index is 12.0. The van der Waals surface area contributed by atoms with Crippen molar-refractivity contribution in [2.24, 2.45) is 7.05 Å². The van der Waals surface area contributed by atoms with Gasteiger partial charge in [0.15, 0.2) is 5.75 Å². The van der Waals surface area contributed by atoms with Crippen molar-refractivity contribution in [3.8, 4) is 5.75 Å². The third-order valence-corrected chi connectivity index (χ3v) is 3.09. The van der Waals surface area contributed by atoms with E-state index in [2.05, 4.69) is 10.4 Å². The lowest BCUT2D eigenvalue weighted by atomic mass is 10.1. The molecule has 0 radical (unpaired) electrons. The molecule has 0 unspecified atom stereocenters. The van der Waals surface area contributed by atoms with E-state index >= 15 is 0 Å². The number of aryl methyl sites for hydroxylation is 1. The Morgan fingerprint density at radius 1 is 1.53 bits per heavy atom. The summed E-state index contributed by atoms with van der Waals surface area (Å²) >= 11 is 0. The number of para-hydroxylation sites is 1. The molecule has 0 spiro atoms. The molecule has 0 fully saturated rings. The van der Waals surface area contributed by atoms with Crippen LogP contribution in [0.2, 0.25) is 0 Å². The molecule has 0 saturated heterocycles. The smallest absolute Gasteiger partial charge is 0.255 e. The molecule has 0 aliphatic carbocycles. The van der Waals surface area contributed by atoms with Gasteiger partial charge in [0.25, 0.3) is 5.91 Å². The van der Waals surface area contributed by atoms with Crippen molar-refractivity contribution in [2.45, 2.75) is 13.5 Å². The van der Waals surface area contributed by atoms with Crippen LogP contribution in [0.25, 0.3) is 0 Å². The van der Waals surface area contributed by atoms with Gasteiger partial charge in [-0.2, -0.15) is 5.10 Å². The minimum Gasteiger partial charge on any atom is -0.505 e. The summed E-state index contributed by atoms with van der Waals surface area (Å²) in [6.07, 6.45) is 1.70. The third-order valence-electron chi connectivity index (χ3n) is 3.09. The van der Waals surface area contributed by atoms with Gasteiger partial charge in [-0.25, -0.2) is 0 Å². The van der Waals surface area contributed by atoms with Crippen LogP contribution < -0.4 is 11.1 Å². The van der Waals surface area contributed by atoms with E-state index in [9.17, 15) is 9.90 Å². The van der Waals surface area contributed by atoms with E-state index in [4.69, 9.17) is 5.73 Å². The number of phenolic OH excluding ortho intramolecular Hbond substituents is 1. The van der Waals surface area contributed by atoms with E-state index in [1.54, 1.807) is 16.9 Å². The van der Waals surface area contributed by atoms with Crippen LogP contribution in [-0.2, 0) is 13.6 Å². The lowest BCUT2D eigenvalue weighted by Crippen LogP contribution is -2.23. The molecule has 0 aliphatic rings. The number of aromatic nitrogens is 2. The van der Waals surface area contributed by atoms with Gasteiger partial charge in [0.05, 0.1) is 17.4 Å². The summed E-state index contributed by atoms with van der Waals surface area (Å²) < 4.78 is 1.74. The van der Waals surface area contributed by atoms with Crippen LogP contribution >= 0.6 is 0 Å². The monoisotopic (exact) mass is 260 g/mol. The number of nitrogens with two attached hydrogens (primary N) is 1. The first-order chi connectivity index (χ1) is 9.00. The fourth-order valence-electron chi connectivity index (χ4n) is 1.73. The number of anilines is 1. The van der Waals surface area contributed by atoms with Crippen LogP contribution in [0.3, 0.4) is 0 Å². The molecule has 1 aromatic heterocycles. The molecule has 4 N–H and O–H groups in total. The summed E-state index contributed by atoms with van der Waals surface area (Å²) in [6, 6.07) is 4.69. The predicted molar refractivity (Wildman–Crippen MR) is 71.6 cm³/mol. The molecule has 1 aromatic carbocycles. The summed E-state index contributed by atoms with van der Waals surface area (Å²) in [6.45, 7) is 2.28. The van der Waals surface area contributed by atoms with E-state index in [-0.39, 0.29) is 22.9 Å². The van der Waals surface area contributed by atoms with Crippen LogP contribution in [0.4, 0.5) is 5.69 Å². The highest BCUT2D eigenvalue weighted by Gasteiger charge is 2.13. The zero-order valence-electron chi connectivity index (χ0n) is 10.8. The zero-order chi connectivity index (χ0) is 14.0. The average molecular weight is 260 g/mol. The van der Waals surface area contributed by atoms with Gasteiger partial charge >= 0.3 is 0 Å². The highest BCUT2D eigenvalue weighted by atomic mass is 16.3. The molecule has 1 heterocycles. The van der Waals surface area contributed by atoms with Gasteiger partial charge < -0.3 is 16.2 Å². The topological polar surface area (TPSA) is 93.2 Å². The zero-order valence-corrected chi connectivity index (χ0v) is 10.8. The Labute approximate surface area is 110 Å². The lowest BCUT2D eigenvalue weighted by Gasteiger charge is -2.08. The first-order valence-corrected chi connectivity index (χ1v) is 5.84. The molecule has 0 bridgehead atoms. The molecule has 0 atom stereocenters. The number of aromatic hydroxyl groups is 1. The number of rotatable bonds is 3. The largest absolute Gasteiger partial charge is 0.505 e. The van der Waals surface area contributed by atoms with E-state index in [0.717, 1.165) is 11.3 Å². The molecular formula is C13H16N4O2. The van der Waals surface area contributed by atoms with Crippen LogP contribution in [0.15, 0.2) is 24.4 Å². The number of hydrogen-bond donors (Lipinski definition) is 3. The molecule has 6 heteroatoms. The Bertz CT molecular complexity index is 619. The second-order valence-electron chi connectivity index (χ2n) is 4.30. The summed E-state index contributed by atoms with van der Waals surface area (Å²) in [4.78, 5) is 12.0. The molecule has 2 rings (SSSR count). The summed E-state index contributed by atoms with van der Waals surface area (Å²) in [7, 11) is 1.84. The Balaban J connectivity index is 2.10. The third kappa shape index (κ3) is 2.52. The first kappa shape index (κ1) is 12.9. The summed E-state index contributed by atoms with van der Waals surface area (Å²) in [5.41, 5.74) is 7.82. The number of hydrogen-bond acceptors (Lipinski definition) is 4. The van der Waals surface area contributed by atoms with E-state index in [0.29, 0.717) is 6.54 Å². The van der Waals surface area contributed by atoms with E-state index < -0.39 is 0 Å². The predicted octanol–water partition coefficient (Wildman–Crippen LogP) is 0.946. The molecule has 1 amide bonds. The van der Waals surface area contributed by atoms with Crippen molar-refractivity contribution in [3.05, 3.63) is 41.2 Å². The number of phenols is 1. The van der Waals surface area contributed by atoms with Gasteiger partial charge in [-0.1, -0.05) is 6.07 Å². The SMILES string of the molecule is Cc1c(CNC(=O)c2cccc(N)c2O)cnn1C. The van der Waals surface area contributed by atoms with Gasteiger partial charge in [-0.15, -0.1) is 0 Å². The summed E-state index contributed by atoms with van der Waals surface area (Å²) in [5, 5.41) is 16.5. The second kappa shape index (κ2) is 5.01. The fraction of sp³-hybridized carbons (Fsp3) is 0.231. The van der Waals surface area contributed by atoms with Crippen molar-refractivity contribution in [2.75, 3.05) is 5.73 Å². The maximum absolute atomic E-state index is 12.0. The molecule has 2 aromatic rings. The lowest BCUT2D eigenvalue weighted by molar-refractivity contribution is 0.0948. The average Bonchev–Trinajstić information content (AvgIpc) is 2.70. The molecular weight excluding hydrogens is 244 g/mol. The minimum absolute atomic E-state index is 0.168. The van der Waals surface area contributed by atoms with Crippen molar-refractivity contribution in [1.29, 1.82) is 0 Å². The number of nitrogens with zero attached hydrogens (tertiary/aromatic N) is 2. The number of benzene rings is 1. The van der Waals surface area contributed by atoms with Crippen molar-refractivity contribution in [1.82, 2.24) is 15.1 Å². The number of nitrogen functional groups attached to an aromatic ring is 1. The highest BCUT2D eigenvalue weighted by molar-refractivity contribution is 5.98. The molecule has 19 heavy (non-hydrogen) atoms. The number of carbonyl (C=O) groups excluding carboxylic acids is 1. The van der Waals surface area contributed by atoms with Crippen LogP contribution in [0, 0.1) is 6.92 Å². The second-order valence-corrected chi connectivity index (χ2v) is 4.30. The highest BCUT2D eigenvalue weighted by Crippen LogP contribution is 2.24. The molecule has 0 saturated carbocycles. The normalized spacial score (nSPS) is 10.4. The summed E-state index contributed by atoms with van der Waals surface area (Å²) in [5.74, 6) is -0.559. The van der Waals surface area contributed by atoms with Crippen LogP contribution in [0.5, 0.6) is 5.75 Å². The Morgan fingerprint density at radius 3 is 2.89 bits per heavy atom. The van der Waals surface area contributed by atoms with Gasteiger partial charge in [-0.3, -0.25) is 9.48 Å². The Morgan fingerprint density at radius 2 is 2.26 bits per heavy atom. The van der Waals surface area contributed by atoms with E-state index in [1.165, 1.54) is 12.1 Å². The van der Waals surface area contributed by atoms with E-state index in [1.807, 2.05) is 14.0 Å². The fourth-order valence-corrected chi connectivity index (χ4v) is 1.73. The molecule has 100 valence electrons. The van der Waals surface area contributed by atoms with Gasteiger partial charge in [0, 0.05) is 24.8 Å². The van der Waals surface area contributed by atoms with Crippen LogP contribution in [-0.4, -0.2) is 20.8 Å². The molecule has 6 nitrogen and oxygen atoms in total. The standard InChI is InChI=1S/C13H16N4O2/c1-8-9(7-16-17(8)2)6-15-13(19)10-4-3-5-11(14)12(10)18/h3-5,7,18H,6,14H2,1-2H3,(H,15,19). The van der Waals surface area contributed by atoms with Crippen LogP contribution in [0.1, 0.15) is 21.6 Å². The number of carbonyl (C=O) groups is 1. The first-order valence-electron chi connectivity index (χ1n) is 5.84. The molecule has 0 aliphatic heterocycles. The van der Waals surface area contributed by atoms with Crippen molar-refractivity contribution >= 4 is 11.6 Å². The minimum atomic E-state index is -0.368. The number of nitrogens with one attached hydrogen (secondary N) is 1. The quantitative estimate of drug-likeness (QED) is 0.565.